The summed E-state index contributed by atoms with van der Waals surface area (Å²) in [6, 6.07) is 0. The lowest BCUT2D eigenvalue weighted by Crippen LogP contribution is -2.41. The van der Waals surface area contributed by atoms with Gasteiger partial charge in [0.25, 0.3) is 0 Å². The highest BCUT2D eigenvalue weighted by Gasteiger charge is 2.36. The third kappa shape index (κ3) is 0.799. The van der Waals surface area contributed by atoms with Gasteiger partial charge in [0.05, 0.1) is 13.2 Å². The maximum absolute atomic E-state index is 5.16. The Morgan fingerprint density at radius 3 is 2.56 bits per heavy atom. The molecule has 2 rings (SSSR count). The molecule has 0 aromatic carbocycles. The number of allylic oxidation sites excluding steroid dienone is 1. The minimum absolute atomic E-state index is 0.498. The maximum Gasteiger partial charge on any atom is 0.0579 e. The van der Waals surface area contributed by atoms with Crippen LogP contribution in [0.3, 0.4) is 0 Å². The highest BCUT2D eigenvalue weighted by Crippen LogP contribution is 2.37. The van der Waals surface area contributed by atoms with Crippen LogP contribution in [0.25, 0.3) is 0 Å². The first-order chi connectivity index (χ1) is 4.41. The van der Waals surface area contributed by atoms with E-state index in [0.717, 1.165) is 13.2 Å². The zero-order valence-electron chi connectivity index (χ0n) is 5.60. The van der Waals surface area contributed by atoms with E-state index in [0.29, 0.717) is 5.41 Å². The Labute approximate surface area is 55.7 Å². The zero-order chi connectivity index (χ0) is 6.16. The smallest absolute Gasteiger partial charge is 0.0579 e. The van der Waals surface area contributed by atoms with Gasteiger partial charge < -0.3 is 4.74 Å². The van der Waals surface area contributed by atoms with Crippen LogP contribution in [0.1, 0.15) is 19.3 Å². The second-order valence-corrected chi connectivity index (χ2v) is 3.15. The molecule has 1 nitrogen and oxygen atoms in total. The van der Waals surface area contributed by atoms with E-state index in [4.69, 9.17) is 4.74 Å². The molecular weight excluding hydrogens is 112 g/mol. The minimum atomic E-state index is 0.498. The fourth-order valence-electron chi connectivity index (χ4n) is 1.59. The second kappa shape index (κ2) is 1.84. The van der Waals surface area contributed by atoms with Crippen molar-refractivity contribution in [3.05, 3.63) is 12.2 Å². The Kier molecular flexibility index (Phi) is 1.12. The molecule has 0 unspecified atom stereocenters. The first-order valence-electron chi connectivity index (χ1n) is 3.67. The Bertz CT molecular complexity index is 134. The van der Waals surface area contributed by atoms with Crippen molar-refractivity contribution in [2.24, 2.45) is 5.41 Å². The van der Waals surface area contributed by atoms with Gasteiger partial charge >= 0.3 is 0 Å². The lowest BCUT2D eigenvalue weighted by Gasteiger charge is -2.40. The van der Waals surface area contributed by atoms with Gasteiger partial charge in [-0.05, 0) is 19.3 Å². The molecule has 1 heterocycles. The highest BCUT2D eigenvalue weighted by atomic mass is 16.5. The van der Waals surface area contributed by atoms with Gasteiger partial charge in [-0.1, -0.05) is 12.2 Å². The van der Waals surface area contributed by atoms with Crippen molar-refractivity contribution in [1.82, 2.24) is 0 Å². The molecule has 0 bridgehead atoms. The quantitative estimate of drug-likeness (QED) is 0.447. The van der Waals surface area contributed by atoms with Crippen LogP contribution in [-0.2, 0) is 4.74 Å². The molecule has 0 atom stereocenters. The van der Waals surface area contributed by atoms with Crippen molar-refractivity contribution in [2.45, 2.75) is 19.3 Å². The summed E-state index contributed by atoms with van der Waals surface area (Å²) >= 11 is 0. The molecule has 1 spiro atoms. The third-order valence-corrected chi connectivity index (χ3v) is 2.30. The Hall–Kier alpha value is -0.300. The molecule has 1 fully saturated rings. The predicted molar refractivity (Wildman–Crippen MR) is 36.2 cm³/mol. The van der Waals surface area contributed by atoms with Crippen LogP contribution in [0, 0.1) is 5.41 Å². The van der Waals surface area contributed by atoms with Gasteiger partial charge in [0.1, 0.15) is 0 Å². The zero-order valence-corrected chi connectivity index (χ0v) is 5.60. The van der Waals surface area contributed by atoms with Gasteiger partial charge in [0, 0.05) is 5.41 Å². The first-order valence-corrected chi connectivity index (χ1v) is 3.67. The van der Waals surface area contributed by atoms with E-state index in [9.17, 15) is 0 Å². The topological polar surface area (TPSA) is 9.23 Å². The summed E-state index contributed by atoms with van der Waals surface area (Å²) in [7, 11) is 0. The summed E-state index contributed by atoms with van der Waals surface area (Å²) in [6.07, 6.45) is 8.64. The summed E-state index contributed by atoms with van der Waals surface area (Å²) in [4.78, 5) is 0. The second-order valence-electron chi connectivity index (χ2n) is 3.15. The Morgan fingerprint density at radius 1 is 1.33 bits per heavy atom. The van der Waals surface area contributed by atoms with Crippen LogP contribution in [0.5, 0.6) is 0 Å². The van der Waals surface area contributed by atoms with Gasteiger partial charge in [-0.3, -0.25) is 0 Å². The molecule has 0 saturated carbocycles. The molecule has 2 aliphatic rings. The van der Waals surface area contributed by atoms with Crippen LogP contribution in [-0.4, -0.2) is 13.2 Å². The van der Waals surface area contributed by atoms with Gasteiger partial charge in [0.15, 0.2) is 0 Å². The number of rotatable bonds is 0. The molecule has 0 radical (unpaired) electrons. The predicted octanol–water partition coefficient (Wildman–Crippen LogP) is 1.74. The molecule has 1 saturated heterocycles. The Morgan fingerprint density at radius 2 is 2.22 bits per heavy atom. The third-order valence-electron chi connectivity index (χ3n) is 2.30. The van der Waals surface area contributed by atoms with Crippen LogP contribution in [0.4, 0.5) is 0 Å². The van der Waals surface area contributed by atoms with Crippen molar-refractivity contribution < 1.29 is 4.74 Å². The molecule has 1 heteroatoms. The van der Waals surface area contributed by atoms with Crippen molar-refractivity contribution in [3.8, 4) is 0 Å². The SMILES string of the molecule is C1=CC2(CCC1)COC2. The van der Waals surface area contributed by atoms with Gasteiger partial charge in [-0.2, -0.15) is 0 Å². The molecular formula is C8H12O. The monoisotopic (exact) mass is 124 g/mol. The molecule has 0 N–H and O–H groups in total. The minimum Gasteiger partial charge on any atom is -0.379 e. The number of hydrogen-bond donors (Lipinski definition) is 0. The molecule has 9 heavy (non-hydrogen) atoms. The molecule has 0 aromatic heterocycles. The normalized spacial score (nSPS) is 30.2. The molecule has 0 amide bonds. The number of ether oxygens (including phenoxy) is 1. The van der Waals surface area contributed by atoms with Crippen LogP contribution >= 0.6 is 0 Å². The largest absolute Gasteiger partial charge is 0.379 e. The van der Waals surface area contributed by atoms with Crippen molar-refractivity contribution >= 4 is 0 Å². The summed E-state index contributed by atoms with van der Waals surface area (Å²) in [5, 5.41) is 0. The van der Waals surface area contributed by atoms with Crippen LogP contribution in [0.15, 0.2) is 12.2 Å². The maximum atomic E-state index is 5.16. The van der Waals surface area contributed by atoms with E-state index in [-0.39, 0.29) is 0 Å². The van der Waals surface area contributed by atoms with E-state index in [1.165, 1.54) is 19.3 Å². The standard InChI is InChI=1S/C8H12O/c1-2-4-8(5-3-1)6-9-7-8/h2,4H,1,3,5-7H2. The average Bonchev–Trinajstić information content (AvgIpc) is 1.87. The van der Waals surface area contributed by atoms with Crippen LogP contribution < -0.4 is 0 Å². The van der Waals surface area contributed by atoms with Crippen molar-refractivity contribution in [1.29, 1.82) is 0 Å². The van der Waals surface area contributed by atoms with E-state index in [1.54, 1.807) is 0 Å². The van der Waals surface area contributed by atoms with Crippen LogP contribution in [0.2, 0.25) is 0 Å². The molecule has 0 aromatic rings. The summed E-state index contributed by atoms with van der Waals surface area (Å²) in [5.41, 5.74) is 0.498. The fraction of sp³-hybridized carbons (Fsp3) is 0.750. The van der Waals surface area contributed by atoms with Gasteiger partial charge in [0.2, 0.25) is 0 Å². The summed E-state index contributed by atoms with van der Waals surface area (Å²) < 4.78 is 5.16. The van der Waals surface area contributed by atoms with Crippen molar-refractivity contribution in [2.75, 3.05) is 13.2 Å². The molecule has 50 valence electrons. The lowest BCUT2D eigenvalue weighted by molar-refractivity contribution is -0.0891. The lowest BCUT2D eigenvalue weighted by atomic mass is 9.77. The number of hydrogen-bond acceptors (Lipinski definition) is 1. The van der Waals surface area contributed by atoms with Crippen molar-refractivity contribution in [3.63, 3.8) is 0 Å². The van der Waals surface area contributed by atoms with Gasteiger partial charge in [-0.25, -0.2) is 0 Å². The fourth-order valence-corrected chi connectivity index (χ4v) is 1.59. The van der Waals surface area contributed by atoms with E-state index >= 15 is 0 Å². The average molecular weight is 124 g/mol. The van der Waals surface area contributed by atoms with E-state index < -0.39 is 0 Å². The van der Waals surface area contributed by atoms with E-state index in [1.807, 2.05) is 0 Å². The molecule has 1 aliphatic heterocycles. The Balaban J connectivity index is 2.09. The highest BCUT2D eigenvalue weighted by molar-refractivity contribution is 5.06. The first kappa shape index (κ1) is 5.48. The van der Waals surface area contributed by atoms with Gasteiger partial charge in [-0.15, -0.1) is 0 Å². The molecule has 1 aliphatic carbocycles. The van der Waals surface area contributed by atoms with E-state index in [2.05, 4.69) is 12.2 Å². The summed E-state index contributed by atoms with van der Waals surface area (Å²) in [5.74, 6) is 0. The summed E-state index contributed by atoms with van der Waals surface area (Å²) in [6.45, 7) is 1.95.